The number of piperidine rings is 1. The first kappa shape index (κ1) is 12.4. The Bertz CT molecular complexity index is 179. The van der Waals surface area contributed by atoms with Crippen molar-refractivity contribution in [1.82, 2.24) is 16.4 Å². The lowest BCUT2D eigenvalue weighted by molar-refractivity contribution is -0.140. The van der Waals surface area contributed by atoms with Crippen LogP contribution in [0.15, 0.2) is 0 Å². The SMILES string of the molecule is N.O=C(C1CCNCC1)N1CCOCC1. The predicted molar refractivity (Wildman–Crippen MR) is 58.0 cm³/mol. The van der Waals surface area contributed by atoms with E-state index in [4.69, 9.17) is 4.74 Å². The van der Waals surface area contributed by atoms with E-state index in [1.807, 2.05) is 4.90 Å². The Kier molecular flexibility index (Phi) is 5.01. The van der Waals surface area contributed by atoms with Crippen LogP contribution >= 0.6 is 0 Å². The molecule has 0 saturated carbocycles. The van der Waals surface area contributed by atoms with E-state index < -0.39 is 0 Å². The van der Waals surface area contributed by atoms with Crippen LogP contribution in [0.4, 0.5) is 0 Å². The molecule has 0 aromatic heterocycles. The number of nitrogens with one attached hydrogen (secondary N) is 1. The van der Waals surface area contributed by atoms with Crippen LogP contribution in [0, 0.1) is 5.92 Å². The zero-order valence-electron chi connectivity index (χ0n) is 9.21. The first-order valence-corrected chi connectivity index (χ1v) is 5.45. The van der Waals surface area contributed by atoms with Gasteiger partial charge in [0.15, 0.2) is 0 Å². The fraction of sp³-hybridized carbons (Fsp3) is 0.900. The zero-order chi connectivity index (χ0) is 9.80. The van der Waals surface area contributed by atoms with E-state index in [1.165, 1.54) is 0 Å². The third-order valence-corrected chi connectivity index (χ3v) is 3.01. The highest BCUT2D eigenvalue weighted by Gasteiger charge is 2.26. The van der Waals surface area contributed by atoms with Gasteiger partial charge in [-0.1, -0.05) is 0 Å². The maximum absolute atomic E-state index is 12.0. The Balaban J connectivity index is 0.00000112. The number of morpholine rings is 1. The molecule has 0 atom stereocenters. The Morgan fingerprint density at radius 2 is 1.80 bits per heavy atom. The Labute approximate surface area is 90.7 Å². The quantitative estimate of drug-likeness (QED) is 0.646. The van der Waals surface area contributed by atoms with Gasteiger partial charge in [-0.15, -0.1) is 0 Å². The van der Waals surface area contributed by atoms with E-state index in [0.717, 1.165) is 39.0 Å². The minimum absolute atomic E-state index is 0. The van der Waals surface area contributed by atoms with E-state index in [0.29, 0.717) is 19.1 Å². The number of carbonyl (C=O) groups excluding carboxylic acids is 1. The van der Waals surface area contributed by atoms with Crippen LogP contribution < -0.4 is 11.5 Å². The average Bonchev–Trinajstić information content (AvgIpc) is 2.30. The Morgan fingerprint density at radius 1 is 1.20 bits per heavy atom. The van der Waals surface area contributed by atoms with Crippen LogP contribution in [-0.4, -0.2) is 50.2 Å². The van der Waals surface area contributed by atoms with Gasteiger partial charge in [0.05, 0.1) is 13.2 Å². The molecule has 88 valence electrons. The summed E-state index contributed by atoms with van der Waals surface area (Å²) >= 11 is 0. The molecule has 0 bridgehead atoms. The highest BCUT2D eigenvalue weighted by molar-refractivity contribution is 5.79. The second kappa shape index (κ2) is 6.05. The van der Waals surface area contributed by atoms with Crippen molar-refractivity contribution in [1.29, 1.82) is 0 Å². The summed E-state index contributed by atoms with van der Waals surface area (Å²) in [5.41, 5.74) is 0. The maximum atomic E-state index is 12.0. The monoisotopic (exact) mass is 215 g/mol. The molecule has 2 heterocycles. The molecule has 1 amide bonds. The molecule has 0 aliphatic carbocycles. The molecule has 0 radical (unpaired) electrons. The molecule has 2 aliphatic rings. The molecule has 4 N–H and O–H groups in total. The highest BCUT2D eigenvalue weighted by Crippen LogP contribution is 2.15. The van der Waals surface area contributed by atoms with E-state index >= 15 is 0 Å². The van der Waals surface area contributed by atoms with E-state index in [-0.39, 0.29) is 12.1 Å². The molecule has 0 unspecified atom stereocenters. The lowest BCUT2D eigenvalue weighted by Gasteiger charge is -2.32. The van der Waals surface area contributed by atoms with Gasteiger partial charge in [0.2, 0.25) is 5.91 Å². The normalized spacial score (nSPS) is 23.3. The number of rotatable bonds is 1. The van der Waals surface area contributed by atoms with Crippen molar-refractivity contribution >= 4 is 5.91 Å². The summed E-state index contributed by atoms with van der Waals surface area (Å²) in [6, 6.07) is 0. The molecule has 5 nitrogen and oxygen atoms in total. The summed E-state index contributed by atoms with van der Waals surface area (Å²) in [5.74, 6) is 0.601. The number of hydrogen-bond donors (Lipinski definition) is 2. The molecular formula is C10H21N3O2. The van der Waals surface area contributed by atoms with Crippen LogP contribution in [0.1, 0.15) is 12.8 Å². The lowest BCUT2D eigenvalue weighted by Crippen LogP contribution is -2.46. The van der Waals surface area contributed by atoms with Crippen LogP contribution in [0.3, 0.4) is 0 Å². The van der Waals surface area contributed by atoms with Crippen molar-refractivity contribution in [2.24, 2.45) is 5.92 Å². The standard InChI is InChI=1S/C10H18N2O2.H3N/c13-10(9-1-3-11-4-2-9)12-5-7-14-8-6-12;/h9,11H,1-8H2;1H3. The lowest BCUT2D eigenvalue weighted by atomic mass is 9.96. The molecule has 2 aliphatic heterocycles. The third-order valence-electron chi connectivity index (χ3n) is 3.01. The van der Waals surface area contributed by atoms with Gasteiger partial charge >= 0.3 is 0 Å². The fourth-order valence-electron chi connectivity index (χ4n) is 2.11. The molecular weight excluding hydrogens is 194 g/mol. The van der Waals surface area contributed by atoms with Crippen molar-refractivity contribution in [2.45, 2.75) is 12.8 Å². The van der Waals surface area contributed by atoms with Crippen LogP contribution in [0.5, 0.6) is 0 Å². The van der Waals surface area contributed by atoms with Crippen molar-refractivity contribution < 1.29 is 9.53 Å². The number of hydrogen-bond acceptors (Lipinski definition) is 4. The molecule has 0 spiro atoms. The summed E-state index contributed by atoms with van der Waals surface area (Å²) in [5, 5.41) is 3.28. The van der Waals surface area contributed by atoms with Crippen molar-refractivity contribution in [3.63, 3.8) is 0 Å². The van der Waals surface area contributed by atoms with Gasteiger partial charge in [0.25, 0.3) is 0 Å². The molecule has 0 aromatic carbocycles. The Hall–Kier alpha value is -0.650. The maximum Gasteiger partial charge on any atom is 0.225 e. The first-order chi connectivity index (χ1) is 6.88. The molecule has 15 heavy (non-hydrogen) atoms. The van der Waals surface area contributed by atoms with Crippen LogP contribution in [-0.2, 0) is 9.53 Å². The second-order valence-electron chi connectivity index (χ2n) is 3.96. The summed E-state index contributed by atoms with van der Waals surface area (Å²) in [6.07, 6.45) is 1.99. The predicted octanol–water partition coefficient (Wildman–Crippen LogP) is 0.00680. The van der Waals surface area contributed by atoms with Crippen molar-refractivity contribution in [2.75, 3.05) is 39.4 Å². The minimum atomic E-state index is 0. The fourth-order valence-corrected chi connectivity index (χ4v) is 2.11. The summed E-state index contributed by atoms with van der Waals surface area (Å²) in [6.45, 7) is 4.94. The summed E-state index contributed by atoms with van der Waals surface area (Å²) in [4.78, 5) is 14.0. The van der Waals surface area contributed by atoms with Crippen molar-refractivity contribution in [3.8, 4) is 0 Å². The van der Waals surface area contributed by atoms with Crippen molar-refractivity contribution in [3.05, 3.63) is 0 Å². The zero-order valence-corrected chi connectivity index (χ0v) is 9.21. The van der Waals surface area contributed by atoms with Gasteiger partial charge in [0.1, 0.15) is 0 Å². The molecule has 2 fully saturated rings. The molecule has 0 aromatic rings. The average molecular weight is 215 g/mol. The van der Waals surface area contributed by atoms with Crippen LogP contribution in [0.2, 0.25) is 0 Å². The topological polar surface area (TPSA) is 76.6 Å². The number of ether oxygens (including phenoxy) is 1. The smallest absolute Gasteiger partial charge is 0.225 e. The summed E-state index contributed by atoms with van der Waals surface area (Å²) < 4.78 is 5.23. The van der Waals surface area contributed by atoms with Crippen LogP contribution in [0.25, 0.3) is 0 Å². The van der Waals surface area contributed by atoms with Gasteiger partial charge in [-0.25, -0.2) is 0 Å². The van der Waals surface area contributed by atoms with Gasteiger partial charge in [0, 0.05) is 19.0 Å². The minimum Gasteiger partial charge on any atom is -0.378 e. The second-order valence-corrected chi connectivity index (χ2v) is 3.96. The highest BCUT2D eigenvalue weighted by atomic mass is 16.5. The van der Waals surface area contributed by atoms with E-state index in [1.54, 1.807) is 0 Å². The third kappa shape index (κ3) is 3.15. The largest absolute Gasteiger partial charge is 0.378 e. The molecule has 2 rings (SSSR count). The molecule has 2 saturated heterocycles. The summed E-state index contributed by atoms with van der Waals surface area (Å²) in [7, 11) is 0. The number of nitrogens with zero attached hydrogens (tertiary/aromatic N) is 1. The number of amides is 1. The van der Waals surface area contributed by atoms with Gasteiger partial charge in [-0.05, 0) is 25.9 Å². The van der Waals surface area contributed by atoms with Gasteiger partial charge in [-0.2, -0.15) is 0 Å². The number of carbonyl (C=O) groups is 1. The van der Waals surface area contributed by atoms with E-state index in [9.17, 15) is 4.79 Å². The molecule has 5 heteroatoms. The van der Waals surface area contributed by atoms with Gasteiger partial charge < -0.3 is 21.1 Å². The first-order valence-electron chi connectivity index (χ1n) is 5.45. The van der Waals surface area contributed by atoms with E-state index in [2.05, 4.69) is 5.32 Å². The Morgan fingerprint density at radius 3 is 2.40 bits per heavy atom. The van der Waals surface area contributed by atoms with Gasteiger partial charge in [-0.3, -0.25) is 4.79 Å².